The van der Waals surface area contributed by atoms with Gasteiger partial charge in [-0.25, -0.2) is 0 Å². The molecule has 0 fully saturated rings. The Morgan fingerprint density at radius 2 is 1.89 bits per heavy atom. The average molecular weight is 265 g/mol. The summed E-state index contributed by atoms with van der Waals surface area (Å²) in [7, 11) is 2.02. The first-order valence-electron chi connectivity index (χ1n) is 6.82. The maximum atomic E-state index is 9.60. The second-order valence-corrected chi connectivity index (χ2v) is 6.23. The van der Waals surface area contributed by atoms with Gasteiger partial charge in [-0.15, -0.1) is 0 Å². The Balaban J connectivity index is 2.57. The highest BCUT2D eigenvalue weighted by Gasteiger charge is 2.30. The standard InChI is InChI=1S/C15H27N3O/c1-15(2,3)14(16)13(11-19)18(4)10-7-12-5-8-17-9-6-12/h5-6,8-9,13-14,19H,7,10-11,16H2,1-4H3. The van der Waals surface area contributed by atoms with Gasteiger partial charge in [-0.05, 0) is 36.6 Å². The van der Waals surface area contributed by atoms with Crippen molar-refractivity contribution in [3.63, 3.8) is 0 Å². The highest BCUT2D eigenvalue weighted by Crippen LogP contribution is 2.22. The molecule has 108 valence electrons. The molecule has 1 aromatic heterocycles. The number of nitrogens with two attached hydrogens (primary N) is 1. The van der Waals surface area contributed by atoms with Crippen LogP contribution >= 0.6 is 0 Å². The molecule has 4 nitrogen and oxygen atoms in total. The predicted molar refractivity (Wildman–Crippen MR) is 78.9 cm³/mol. The summed E-state index contributed by atoms with van der Waals surface area (Å²) in [5.41, 5.74) is 7.50. The molecule has 0 spiro atoms. The van der Waals surface area contributed by atoms with Crippen molar-refractivity contribution in [1.82, 2.24) is 9.88 Å². The van der Waals surface area contributed by atoms with E-state index in [1.807, 2.05) is 19.2 Å². The number of hydrogen-bond acceptors (Lipinski definition) is 4. The van der Waals surface area contributed by atoms with E-state index in [4.69, 9.17) is 5.73 Å². The first-order chi connectivity index (χ1) is 8.86. The Bertz CT molecular complexity index is 361. The summed E-state index contributed by atoms with van der Waals surface area (Å²) < 4.78 is 0. The van der Waals surface area contributed by atoms with Crippen molar-refractivity contribution >= 4 is 0 Å². The molecule has 2 atom stereocenters. The Labute approximate surface area is 116 Å². The van der Waals surface area contributed by atoms with Crippen LogP contribution in [0.15, 0.2) is 24.5 Å². The summed E-state index contributed by atoms with van der Waals surface area (Å²) in [6.07, 6.45) is 4.55. The Kier molecular flexibility index (Phi) is 5.91. The molecule has 0 aliphatic rings. The summed E-state index contributed by atoms with van der Waals surface area (Å²) in [6, 6.07) is 3.97. The van der Waals surface area contributed by atoms with Gasteiger partial charge in [0.15, 0.2) is 0 Å². The SMILES string of the molecule is CN(CCc1ccncc1)C(CO)C(N)C(C)(C)C. The van der Waals surface area contributed by atoms with E-state index in [9.17, 15) is 5.11 Å². The lowest BCUT2D eigenvalue weighted by molar-refractivity contribution is 0.0897. The monoisotopic (exact) mass is 265 g/mol. The molecule has 2 unspecified atom stereocenters. The van der Waals surface area contributed by atoms with E-state index in [1.54, 1.807) is 12.4 Å². The van der Waals surface area contributed by atoms with Crippen molar-refractivity contribution in [1.29, 1.82) is 0 Å². The number of aromatic nitrogens is 1. The molecule has 0 saturated heterocycles. The van der Waals surface area contributed by atoms with Gasteiger partial charge in [-0.3, -0.25) is 9.88 Å². The number of pyridine rings is 1. The number of hydrogen-bond donors (Lipinski definition) is 2. The van der Waals surface area contributed by atoms with E-state index < -0.39 is 0 Å². The molecule has 1 rings (SSSR count). The molecule has 0 radical (unpaired) electrons. The van der Waals surface area contributed by atoms with E-state index in [1.165, 1.54) is 5.56 Å². The number of aliphatic hydroxyl groups excluding tert-OH is 1. The van der Waals surface area contributed by atoms with Gasteiger partial charge in [0.1, 0.15) is 0 Å². The van der Waals surface area contributed by atoms with E-state index in [2.05, 4.69) is 30.7 Å². The van der Waals surface area contributed by atoms with Crippen molar-refractivity contribution in [2.45, 2.75) is 39.3 Å². The van der Waals surface area contributed by atoms with Crippen LogP contribution in [0.25, 0.3) is 0 Å². The van der Waals surface area contributed by atoms with Crippen LogP contribution in [0.1, 0.15) is 26.3 Å². The van der Waals surface area contributed by atoms with Crippen molar-refractivity contribution in [2.24, 2.45) is 11.1 Å². The summed E-state index contributed by atoms with van der Waals surface area (Å²) in [5.74, 6) is 0. The zero-order valence-corrected chi connectivity index (χ0v) is 12.5. The van der Waals surface area contributed by atoms with Crippen LogP contribution in [0, 0.1) is 5.41 Å². The molecule has 0 aliphatic heterocycles. The molecular formula is C15H27N3O. The summed E-state index contributed by atoms with van der Waals surface area (Å²) in [6.45, 7) is 7.29. The van der Waals surface area contributed by atoms with Gasteiger partial charge >= 0.3 is 0 Å². The topological polar surface area (TPSA) is 62.4 Å². The van der Waals surface area contributed by atoms with Crippen LogP contribution in [-0.4, -0.2) is 47.3 Å². The summed E-state index contributed by atoms with van der Waals surface area (Å²) in [5, 5.41) is 9.60. The maximum Gasteiger partial charge on any atom is 0.0602 e. The Morgan fingerprint density at radius 3 is 2.37 bits per heavy atom. The second-order valence-electron chi connectivity index (χ2n) is 6.23. The van der Waals surface area contributed by atoms with Crippen molar-refractivity contribution in [3.8, 4) is 0 Å². The fraction of sp³-hybridized carbons (Fsp3) is 0.667. The molecule has 4 heteroatoms. The second kappa shape index (κ2) is 6.98. The number of aliphatic hydroxyl groups is 1. The largest absolute Gasteiger partial charge is 0.395 e. The third kappa shape index (κ3) is 4.90. The van der Waals surface area contributed by atoms with Crippen LogP contribution < -0.4 is 5.73 Å². The average Bonchev–Trinajstić information content (AvgIpc) is 2.37. The number of likely N-dealkylation sites (N-methyl/N-ethyl adjacent to an activating group) is 1. The van der Waals surface area contributed by atoms with Crippen molar-refractivity contribution < 1.29 is 5.11 Å². The van der Waals surface area contributed by atoms with Crippen LogP contribution in [-0.2, 0) is 6.42 Å². The highest BCUT2D eigenvalue weighted by molar-refractivity contribution is 5.10. The lowest BCUT2D eigenvalue weighted by Crippen LogP contribution is -2.54. The first kappa shape index (κ1) is 16.1. The molecule has 1 heterocycles. The molecule has 19 heavy (non-hydrogen) atoms. The lowest BCUT2D eigenvalue weighted by atomic mass is 9.82. The highest BCUT2D eigenvalue weighted by atomic mass is 16.3. The van der Waals surface area contributed by atoms with Gasteiger partial charge in [-0.1, -0.05) is 20.8 Å². The Morgan fingerprint density at radius 1 is 1.32 bits per heavy atom. The van der Waals surface area contributed by atoms with Crippen molar-refractivity contribution in [2.75, 3.05) is 20.2 Å². The van der Waals surface area contributed by atoms with Crippen LogP contribution in [0.2, 0.25) is 0 Å². The normalized spacial score (nSPS) is 15.5. The third-order valence-corrected chi connectivity index (χ3v) is 3.67. The minimum atomic E-state index is -0.0556. The van der Waals surface area contributed by atoms with Gasteiger partial charge in [0.05, 0.1) is 6.61 Å². The minimum absolute atomic E-state index is 0.0122. The van der Waals surface area contributed by atoms with E-state index in [0.29, 0.717) is 0 Å². The van der Waals surface area contributed by atoms with E-state index in [0.717, 1.165) is 13.0 Å². The maximum absolute atomic E-state index is 9.60. The van der Waals surface area contributed by atoms with Crippen LogP contribution in [0.3, 0.4) is 0 Å². The summed E-state index contributed by atoms with van der Waals surface area (Å²) >= 11 is 0. The summed E-state index contributed by atoms with van der Waals surface area (Å²) in [4.78, 5) is 6.16. The van der Waals surface area contributed by atoms with Crippen LogP contribution in [0.5, 0.6) is 0 Å². The minimum Gasteiger partial charge on any atom is -0.395 e. The molecule has 1 aromatic rings. The fourth-order valence-electron chi connectivity index (χ4n) is 2.13. The predicted octanol–water partition coefficient (Wildman–Crippen LogP) is 1.29. The van der Waals surface area contributed by atoms with Gasteiger partial charge in [0.25, 0.3) is 0 Å². The number of rotatable bonds is 6. The smallest absolute Gasteiger partial charge is 0.0602 e. The van der Waals surface area contributed by atoms with Gasteiger partial charge in [0, 0.05) is 31.0 Å². The molecule has 0 bridgehead atoms. The number of nitrogens with zero attached hydrogens (tertiary/aromatic N) is 2. The Hall–Kier alpha value is -0.970. The zero-order valence-electron chi connectivity index (χ0n) is 12.5. The lowest BCUT2D eigenvalue weighted by Gasteiger charge is -2.38. The van der Waals surface area contributed by atoms with Gasteiger partial charge in [-0.2, -0.15) is 0 Å². The van der Waals surface area contributed by atoms with E-state index in [-0.39, 0.29) is 24.1 Å². The van der Waals surface area contributed by atoms with Gasteiger partial charge in [0.2, 0.25) is 0 Å². The molecule has 0 aliphatic carbocycles. The van der Waals surface area contributed by atoms with E-state index >= 15 is 0 Å². The molecule has 0 saturated carbocycles. The molecule has 0 amide bonds. The quantitative estimate of drug-likeness (QED) is 0.813. The first-order valence-corrected chi connectivity index (χ1v) is 6.82. The molecule has 0 aromatic carbocycles. The fourth-order valence-corrected chi connectivity index (χ4v) is 2.13. The van der Waals surface area contributed by atoms with Crippen LogP contribution in [0.4, 0.5) is 0 Å². The molecule has 3 N–H and O–H groups in total. The van der Waals surface area contributed by atoms with Gasteiger partial charge < -0.3 is 10.8 Å². The van der Waals surface area contributed by atoms with Crippen molar-refractivity contribution in [3.05, 3.63) is 30.1 Å². The zero-order chi connectivity index (χ0) is 14.5. The molecular weight excluding hydrogens is 238 g/mol. The third-order valence-electron chi connectivity index (χ3n) is 3.67.